The van der Waals surface area contributed by atoms with Gasteiger partial charge in [0.15, 0.2) is 0 Å². The molecule has 0 aromatic rings. The number of carbonyl (C=O) groups is 1. The van der Waals surface area contributed by atoms with Crippen LogP contribution in [0.25, 0.3) is 0 Å². The maximum absolute atomic E-state index is 11.4. The molecule has 1 unspecified atom stereocenters. The average molecular weight is 284 g/mol. The van der Waals surface area contributed by atoms with E-state index in [4.69, 9.17) is 0 Å². The van der Waals surface area contributed by atoms with Gasteiger partial charge in [0.2, 0.25) is 0 Å². The molecule has 1 fully saturated rings. The van der Waals surface area contributed by atoms with Crippen LogP contribution in [0.3, 0.4) is 0 Å². The molecular formula is C16H32N2O2. The van der Waals surface area contributed by atoms with Gasteiger partial charge in [0.25, 0.3) is 0 Å². The number of carboxylic acid groups (broad SMARTS) is 1. The van der Waals surface area contributed by atoms with Gasteiger partial charge < -0.3 is 10.0 Å². The molecule has 0 aliphatic heterocycles. The molecular weight excluding hydrogens is 252 g/mol. The quantitative estimate of drug-likeness (QED) is 0.573. The van der Waals surface area contributed by atoms with Gasteiger partial charge in [-0.2, -0.15) is 0 Å². The third-order valence-electron chi connectivity index (χ3n) is 4.03. The summed E-state index contributed by atoms with van der Waals surface area (Å²) in [6.45, 7) is 10.3. The summed E-state index contributed by atoms with van der Waals surface area (Å²) in [5.41, 5.74) is -0.788. The van der Waals surface area contributed by atoms with Gasteiger partial charge in [0, 0.05) is 12.1 Å². The molecule has 4 heteroatoms. The fourth-order valence-corrected chi connectivity index (χ4v) is 2.88. The largest absolute Gasteiger partial charge is 0.480 e. The molecule has 1 saturated carbocycles. The molecule has 0 heterocycles. The molecule has 1 aliphatic rings. The Hall–Kier alpha value is -0.610. The smallest absolute Gasteiger partial charge is 0.323 e. The molecule has 1 atom stereocenters. The Morgan fingerprint density at radius 3 is 2.45 bits per heavy atom. The first kappa shape index (κ1) is 17.4. The highest BCUT2D eigenvalue weighted by Crippen LogP contribution is 2.27. The summed E-state index contributed by atoms with van der Waals surface area (Å²) >= 11 is 0. The van der Waals surface area contributed by atoms with Gasteiger partial charge in [-0.3, -0.25) is 10.1 Å². The van der Waals surface area contributed by atoms with Crippen molar-refractivity contribution in [1.82, 2.24) is 10.2 Å². The summed E-state index contributed by atoms with van der Waals surface area (Å²) in [6.07, 6.45) is 6.67. The van der Waals surface area contributed by atoms with Gasteiger partial charge in [-0.05, 0) is 72.4 Å². The van der Waals surface area contributed by atoms with E-state index in [-0.39, 0.29) is 6.04 Å². The summed E-state index contributed by atoms with van der Waals surface area (Å²) in [5.74, 6) is -0.737. The minimum Gasteiger partial charge on any atom is -0.480 e. The Labute approximate surface area is 123 Å². The summed E-state index contributed by atoms with van der Waals surface area (Å²) in [6, 6.07) is 1.01. The number of rotatable bonds is 11. The molecule has 1 aliphatic carbocycles. The second-order valence-electron chi connectivity index (χ2n) is 6.66. The van der Waals surface area contributed by atoms with Crippen LogP contribution in [0.4, 0.5) is 0 Å². The van der Waals surface area contributed by atoms with Crippen molar-refractivity contribution in [3.63, 3.8) is 0 Å². The van der Waals surface area contributed by atoms with Gasteiger partial charge in [-0.25, -0.2) is 0 Å². The van der Waals surface area contributed by atoms with Gasteiger partial charge in [0.05, 0.1) is 0 Å². The van der Waals surface area contributed by atoms with Crippen molar-refractivity contribution in [2.45, 2.75) is 83.8 Å². The second kappa shape index (κ2) is 7.99. The first-order valence-corrected chi connectivity index (χ1v) is 8.14. The number of aliphatic carboxylic acids is 1. The summed E-state index contributed by atoms with van der Waals surface area (Å²) in [5, 5.41) is 12.6. The van der Waals surface area contributed by atoms with Gasteiger partial charge in [-0.15, -0.1) is 0 Å². The van der Waals surface area contributed by atoms with E-state index in [2.05, 4.69) is 17.1 Å². The lowest BCUT2D eigenvalue weighted by Gasteiger charge is -2.29. The molecule has 0 aromatic carbocycles. The number of unbranched alkanes of at least 4 members (excludes halogenated alkanes) is 1. The fraction of sp³-hybridized carbons (Fsp3) is 0.938. The van der Waals surface area contributed by atoms with Crippen molar-refractivity contribution in [2.24, 2.45) is 0 Å². The van der Waals surface area contributed by atoms with Gasteiger partial charge in [-0.1, -0.05) is 6.92 Å². The van der Waals surface area contributed by atoms with Crippen LogP contribution in [0.1, 0.15) is 66.2 Å². The number of hydrogen-bond acceptors (Lipinski definition) is 3. The Morgan fingerprint density at radius 1 is 1.35 bits per heavy atom. The van der Waals surface area contributed by atoms with Crippen LogP contribution >= 0.6 is 0 Å². The third-order valence-corrected chi connectivity index (χ3v) is 4.03. The topological polar surface area (TPSA) is 52.6 Å². The molecule has 0 saturated heterocycles. The standard InChI is InChI=1S/C16H32N2O2/c1-5-11-18(14-8-9-14)12-7-6-10-16(4,15(19)20)17-13(2)3/h13-14,17H,5-12H2,1-4H3,(H,19,20). The SMILES string of the molecule is CCCN(CCCCC(C)(NC(C)C)C(=O)O)C1CC1. The Morgan fingerprint density at radius 2 is 2.00 bits per heavy atom. The Kier molecular flexibility index (Phi) is 6.96. The lowest BCUT2D eigenvalue weighted by Crippen LogP contribution is -2.52. The fourth-order valence-electron chi connectivity index (χ4n) is 2.88. The lowest BCUT2D eigenvalue weighted by atomic mass is 9.94. The zero-order valence-corrected chi connectivity index (χ0v) is 13.6. The third kappa shape index (κ3) is 5.80. The highest BCUT2D eigenvalue weighted by molar-refractivity contribution is 5.78. The lowest BCUT2D eigenvalue weighted by molar-refractivity contribution is -0.144. The molecule has 0 aromatic heterocycles. The summed E-state index contributed by atoms with van der Waals surface area (Å²) in [4.78, 5) is 14.0. The van der Waals surface area contributed by atoms with E-state index in [1.165, 1.54) is 25.8 Å². The van der Waals surface area contributed by atoms with Crippen LogP contribution in [0, 0.1) is 0 Å². The first-order chi connectivity index (χ1) is 9.39. The number of hydrogen-bond donors (Lipinski definition) is 2. The first-order valence-electron chi connectivity index (χ1n) is 8.14. The minimum absolute atomic E-state index is 0.194. The molecule has 4 nitrogen and oxygen atoms in total. The van der Waals surface area contributed by atoms with Crippen molar-refractivity contribution >= 4 is 5.97 Å². The van der Waals surface area contributed by atoms with Crippen LogP contribution < -0.4 is 5.32 Å². The highest BCUT2D eigenvalue weighted by Gasteiger charge is 2.33. The normalized spacial score (nSPS) is 18.5. The van der Waals surface area contributed by atoms with Crippen LogP contribution in [0.2, 0.25) is 0 Å². The van der Waals surface area contributed by atoms with E-state index in [0.717, 1.165) is 25.4 Å². The van der Waals surface area contributed by atoms with E-state index in [9.17, 15) is 9.90 Å². The van der Waals surface area contributed by atoms with Crippen molar-refractivity contribution in [1.29, 1.82) is 0 Å². The van der Waals surface area contributed by atoms with Crippen molar-refractivity contribution < 1.29 is 9.90 Å². The average Bonchev–Trinajstić information content (AvgIpc) is 3.16. The zero-order chi connectivity index (χ0) is 15.2. The van der Waals surface area contributed by atoms with Crippen LogP contribution in [-0.2, 0) is 4.79 Å². The van der Waals surface area contributed by atoms with Crippen LogP contribution in [0.15, 0.2) is 0 Å². The van der Waals surface area contributed by atoms with E-state index in [1.54, 1.807) is 6.92 Å². The van der Waals surface area contributed by atoms with Crippen molar-refractivity contribution in [2.75, 3.05) is 13.1 Å². The zero-order valence-electron chi connectivity index (χ0n) is 13.6. The summed E-state index contributed by atoms with van der Waals surface area (Å²) in [7, 11) is 0. The molecule has 1 rings (SSSR count). The minimum atomic E-state index is -0.788. The second-order valence-corrected chi connectivity index (χ2v) is 6.66. The number of nitrogens with zero attached hydrogens (tertiary/aromatic N) is 1. The van der Waals surface area contributed by atoms with Gasteiger partial charge in [0.1, 0.15) is 5.54 Å². The maximum Gasteiger partial charge on any atom is 0.323 e. The molecule has 0 bridgehead atoms. The van der Waals surface area contributed by atoms with Crippen LogP contribution in [-0.4, -0.2) is 46.7 Å². The van der Waals surface area contributed by atoms with E-state index in [1.807, 2.05) is 13.8 Å². The maximum atomic E-state index is 11.4. The number of carboxylic acids is 1. The van der Waals surface area contributed by atoms with E-state index >= 15 is 0 Å². The predicted octanol–water partition coefficient (Wildman–Crippen LogP) is 2.87. The monoisotopic (exact) mass is 284 g/mol. The van der Waals surface area contributed by atoms with E-state index < -0.39 is 11.5 Å². The van der Waals surface area contributed by atoms with Gasteiger partial charge >= 0.3 is 5.97 Å². The Bertz CT molecular complexity index is 303. The molecule has 118 valence electrons. The molecule has 2 N–H and O–H groups in total. The Balaban J connectivity index is 2.31. The molecule has 0 amide bonds. The molecule has 20 heavy (non-hydrogen) atoms. The molecule has 0 radical (unpaired) electrons. The van der Waals surface area contributed by atoms with Crippen LogP contribution in [0.5, 0.6) is 0 Å². The summed E-state index contributed by atoms with van der Waals surface area (Å²) < 4.78 is 0. The number of nitrogens with one attached hydrogen (secondary N) is 1. The molecule has 0 spiro atoms. The predicted molar refractivity (Wildman–Crippen MR) is 83.0 cm³/mol. The highest BCUT2D eigenvalue weighted by atomic mass is 16.4. The van der Waals surface area contributed by atoms with E-state index in [0.29, 0.717) is 6.42 Å². The van der Waals surface area contributed by atoms with Crippen molar-refractivity contribution in [3.8, 4) is 0 Å². The van der Waals surface area contributed by atoms with Crippen molar-refractivity contribution in [3.05, 3.63) is 0 Å².